The molecule has 2 aliphatic heterocycles. The Kier molecular flexibility index (Phi) is 5.22. The van der Waals surface area contributed by atoms with Crippen LogP contribution >= 0.6 is 0 Å². The van der Waals surface area contributed by atoms with Gasteiger partial charge < -0.3 is 5.73 Å². The Morgan fingerprint density at radius 1 is 1.26 bits per heavy atom. The average molecular weight is 289 g/mol. The van der Waals surface area contributed by atoms with E-state index in [0.717, 1.165) is 38.6 Å². The van der Waals surface area contributed by atoms with Crippen molar-refractivity contribution in [2.45, 2.75) is 51.1 Å². The van der Waals surface area contributed by atoms with Gasteiger partial charge in [-0.25, -0.2) is 12.7 Å². The van der Waals surface area contributed by atoms with Gasteiger partial charge in [0.2, 0.25) is 10.0 Å². The molecule has 0 amide bonds. The van der Waals surface area contributed by atoms with Crippen LogP contribution in [0.25, 0.3) is 0 Å². The molecule has 0 saturated carbocycles. The zero-order valence-corrected chi connectivity index (χ0v) is 12.7. The number of hydrogen-bond donors (Lipinski definition) is 1. The number of hydrogen-bond acceptors (Lipinski definition) is 4. The number of rotatable bonds is 5. The molecule has 0 aliphatic carbocycles. The largest absolute Gasteiger partial charge is 0.329 e. The van der Waals surface area contributed by atoms with Crippen LogP contribution in [0.4, 0.5) is 0 Å². The van der Waals surface area contributed by atoms with Crippen molar-refractivity contribution in [1.82, 2.24) is 9.21 Å². The van der Waals surface area contributed by atoms with Gasteiger partial charge in [-0.2, -0.15) is 0 Å². The molecule has 0 spiro atoms. The Morgan fingerprint density at radius 2 is 2.00 bits per heavy atom. The van der Waals surface area contributed by atoms with Gasteiger partial charge in [0.25, 0.3) is 0 Å². The second-order valence-electron chi connectivity index (χ2n) is 5.75. The van der Waals surface area contributed by atoms with Crippen molar-refractivity contribution in [3.63, 3.8) is 0 Å². The maximum absolute atomic E-state index is 12.3. The van der Waals surface area contributed by atoms with Crippen LogP contribution < -0.4 is 5.73 Å². The van der Waals surface area contributed by atoms with Crippen LogP contribution in [0.2, 0.25) is 0 Å². The molecule has 0 aromatic carbocycles. The van der Waals surface area contributed by atoms with Crippen molar-refractivity contribution < 1.29 is 8.42 Å². The molecule has 112 valence electrons. The van der Waals surface area contributed by atoms with Crippen LogP contribution in [-0.4, -0.2) is 61.6 Å². The Hall–Kier alpha value is -0.170. The van der Waals surface area contributed by atoms with Crippen molar-refractivity contribution in [3.05, 3.63) is 0 Å². The number of unbranched alkanes of at least 4 members (excludes halogenated alkanes) is 1. The number of nitrogens with zero attached hydrogens (tertiary/aromatic N) is 2. The molecule has 0 aromatic heterocycles. The smallest absolute Gasteiger partial charge is 0.214 e. The first-order valence-corrected chi connectivity index (χ1v) is 9.13. The molecule has 2 atom stereocenters. The SMILES string of the molecule is CCCCS(=O)(=O)N1CCCCN2[C@H](CN)C[C@@H]2C1. The van der Waals surface area contributed by atoms with Crippen molar-refractivity contribution in [2.75, 3.05) is 31.9 Å². The summed E-state index contributed by atoms with van der Waals surface area (Å²) in [5, 5.41) is 0. The maximum atomic E-state index is 12.3. The Morgan fingerprint density at radius 3 is 2.68 bits per heavy atom. The molecule has 0 unspecified atom stereocenters. The zero-order chi connectivity index (χ0) is 13.9. The van der Waals surface area contributed by atoms with E-state index in [1.165, 1.54) is 0 Å². The van der Waals surface area contributed by atoms with Crippen LogP contribution in [0.3, 0.4) is 0 Å². The van der Waals surface area contributed by atoms with Crippen LogP contribution in [0.1, 0.15) is 39.0 Å². The highest BCUT2D eigenvalue weighted by Crippen LogP contribution is 2.28. The number of sulfonamides is 1. The average Bonchev–Trinajstić information content (AvgIpc) is 2.35. The minimum atomic E-state index is -3.06. The van der Waals surface area contributed by atoms with E-state index in [1.54, 1.807) is 4.31 Å². The molecule has 2 heterocycles. The molecule has 2 aliphatic rings. The lowest BCUT2D eigenvalue weighted by Crippen LogP contribution is -2.63. The van der Waals surface area contributed by atoms with Gasteiger partial charge >= 0.3 is 0 Å². The van der Waals surface area contributed by atoms with Crippen molar-refractivity contribution in [3.8, 4) is 0 Å². The van der Waals surface area contributed by atoms with E-state index in [0.29, 0.717) is 37.5 Å². The fraction of sp³-hybridized carbons (Fsp3) is 1.00. The molecular weight excluding hydrogens is 262 g/mol. The van der Waals surface area contributed by atoms with Crippen LogP contribution in [-0.2, 0) is 10.0 Å². The highest BCUT2D eigenvalue weighted by molar-refractivity contribution is 7.89. The van der Waals surface area contributed by atoms with Crippen LogP contribution in [0.15, 0.2) is 0 Å². The molecule has 0 aromatic rings. The van der Waals surface area contributed by atoms with Crippen molar-refractivity contribution in [1.29, 1.82) is 0 Å². The molecule has 2 rings (SSSR count). The monoisotopic (exact) mass is 289 g/mol. The van der Waals surface area contributed by atoms with Crippen LogP contribution in [0, 0.1) is 0 Å². The topological polar surface area (TPSA) is 66.6 Å². The first-order valence-electron chi connectivity index (χ1n) is 7.52. The standard InChI is InChI=1S/C13H27N3O2S/c1-2-3-8-19(17,18)15-6-4-5-7-16-12(10-14)9-13(16)11-15/h12-13H,2-11,14H2,1H3/t12-,13+/m0/s1. The molecule has 0 radical (unpaired) electrons. The summed E-state index contributed by atoms with van der Waals surface area (Å²) in [6.07, 6.45) is 4.78. The minimum absolute atomic E-state index is 0.302. The minimum Gasteiger partial charge on any atom is -0.329 e. The van der Waals surface area contributed by atoms with Crippen molar-refractivity contribution in [2.24, 2.45) is 5.73 Å². The van der Waals surface area contributed by atoms with Gasteiger partial charge in [0.1, 0.15) is 0 Å². The summed E-state index contributed by atoms with van der Waals surface area (Å²) in [7, 11) is -3.06. The van der Waals surface area contributed by atoms with E-state index in [-0.39, 0.29) is 0 Å². The first kappa shape index (κ1) is 15.2. The molecule has 6 heteroatoms. The predicted octanol–water partition coefficient (Wildman–Crippen LogP) is 0.614. The predicted molar refractivity (Wildman–Crippen MR) is 77.5 cm³/mol. The third-order valence-corrected chi connectivity index (χ3v) is 6.31. The van der Waals surface area contributed by atoms with E-state index in [4.69, 9.17) is 5.73 Å². The molecule has 19 heavy (non-hydrogen) atoms. The third kappa shape index (κ3) is 3.48. The van der Waals surface area contributed by atoms with E-state index < -0.39 is 10.0 Å². The fourth-order valence-electron chi connectivity index (χ4n) is 3.14. The maximum Gasteiger partial charge on any atom is 0.214 e. The third-order valence-electron chi connectivity index (χ3n) is 4.39. The second-order valence-corrected chi connectivity index (χ2v) is 7.84. The Bertz CT molecular complexity index is 385. The van der Waals surface area contributed by atoms with Gasteiger partial charge in [-0.05, 0) is 32.2 Å². The summed E-state index contributed by atoms with van der Waals surface area (Å²) in [4.78, 5) is 2.40. The summed E-state index contributed by atoms with van der Waals surface area (Å²) < 4.78 is 26.4. The molecule has 2 fully saturated rings. The Balaban J connectivity index is 1.98. The lowest BCUT2D eigenvalue weighted by Gasteiger charge is -2.51. The lowest BCUT2D eigenvalue weighted by molar-refractivity contribution is 0.00129. The van der Waals surface area contributed by atoms with E-state index in [2.05, 4.69) is 4.90 Å². The van der Waals surface area contributed by atoms with Gasteiger partial charge in [0.15, 0.2) is 0 Å². The molecule has 0 bridgehead atoms. The van der Waals surface area contributed by atoms with E-state index in [9.17, 15) is 8.42 Å². The highest BCUT2D eigenvalue weighted by atomic mass is 32.2. The fourth-order valence-corrected chi connectivity index (χ4v) is 4.86. The van der Waals surface area contributed by atoms with Gasteiger partial charge in [-0.3, -0.25) is 4.90 Å². The first-order chi connectivity index (χ1) is 9.08. The zero-order valence-electron chi connectivity index (χ0n) is 11.9. The molecule has 5 nitrogen and oxygen atoms in total. The number of fused-ring (bicyclic) bond motifs is 1. The summed E-state index contributed by atoms with van der Waals surface area (Å²) >= 11 is 0. The summed E-state index contributed by atoms with van der Waals surface area (Å²) in [5.74, 6) is 0.302. The van der Waals surface area contributed by atoms with Crippen LogP contribution in [0.5, 0.6) is 0 Å². The van der Waals surface area contributed by atoms with Gasteiger partial charge in [0, 0.05) is 31.7 Å². The quantitative estimate of drug-likeness (QED) is 0.805. The Labute approximate surface area is 117 Å². The van der Waals surface area contributed by atoms with E-state index >= 15 is 0 Å². The van der Waals surface area contributed by atoms with E-state index in [1.807, 2.05) is 6.92 Å². The normalized spacial score (nSPS) is 30.2. The summed E-state index contributed by atoms with van der Waals surface area (Å²) in [6.45, 7) is 5.17. The van der Waals surface area contributed by atoms with Gasteiger partial charge in [0.05, 0.1) is 5.75 Å². The molecule has 2 N–H and O–H groups in total. The lowest BCUT2D eigenvalue weighted by atomic mass is 9.91. The van der Waals surface area contributed by atoms with Crippen molar-refractivity contribution >= 4 is 10.0 Å². The summed E-state index contributed by atoms with van der Waals surface area (Å²) in [5.41, 5.74) is 5.74. The van der Waals surface area contributed by atoms with Gasteiger partial charge in [-0.1, -0.05) is 13.3 Å². The number of nitrogens with two attached hydrogens (primary N) is 1. The van der Waals surface area contributed by atoms with Gasteiger partial charge in [-0.15, -0.1) is 0 Å². The second kappa shape index (κ2) is 6.52. The summed E-state index contributed by atoms with van der Waals surface area (Å²) in [6, 6.07) is 0.869. The highest BCUT2D eigenvalue weighted by Gasteiger charge is 2.40. The molecular formula is C13H27N3O2S. The molecule has 2 saturated heterocycles.